The summed E-state index contributed by atoms with van der Waals surface area (Å²) in [6.07, 6.45) is -4.66. The van der Waals surface area contributed by atoms with Gasteiger partial charge in [-0.05, 0) is 13.0 Å². The quantitative estimate of drug-likeness (QED) is 0.474. The molecule has 0 bridgehead atoms. The Morgan fingerprint density at radius 2 is 1.86 bits per heavy atom. The Hall–Kier alpha value is -3.05. The van der Waals surface area contributed by atoms with E-state index in [0.29, 0.717) is 10.6 Å². The number of fused-ring (bicyclic) bond motifs is 1. The number of nitrogens with one attached hydrogen (secondary N) is 1. The Bertz CT molecular complexity index is 1220. The standard InChI is InChI=1S/C18H12F3N5OS2/c1-8-25-26-17(28-8)24-15(27)14-13(22)12-10(18(19,20)21)7-11(23-16(12)29-14)9-5-3-2-4-6-9/h2-7H,22H2,1H3,(H,24,26,27). The number of anilines is 2. The van der Waals surface area contributed by atoms with E-state index in [4.69, 9.17) is 5.73 Å². The first-order valence-corrected chi connectivity index (χ1v) is 9.84. The van der Waals surface area contributed by atoms with Crippen LogP contribution >= 0.6 is 22.7 Å². The van der Waals surface area contributed by atoms with Crippen LogP contribution in [0.2, 0.25) is 0 Å². The van der Waals surface area contributed by atoms with Crippen molar-refractivity contribution in [1.82, 2.24) is 15.2 Å². The maximum absolute atomic E-state index is 13.8. The van der Waals surface area contributed by atoms with E-state index in [2.05, 4.69) is 20.5 Å². The number of thiophene rings is 1. The average molecular weight is 435 g/mol. The number of hydrogen-bond donors (Lipinski definition) is 2. The number of rotatable bonds is 3. The van der Waals surface area contributed by atoms with Crippen molar-refractivity contribution in [3.8, 4) is 11.3 Å². The highest BCUT2D eigenvalue weighted by Crippen LogP contribution is 2.43. The summed E-state index contributed by atoms with van der Waals surface area (Å²) in [4.78, 5) is 16.9. The van der Waals surface area contributed by atoms with Gasteiger partial charge in [0.05, 0.1) is 16.9 Å². The van der Waals surface area contributed by atoms with Gasteiger partial charge in [-0.15, -0.1) is 21.5 Å². The lowest BCUT2D eigenvalue weighted by atomic mass is 10.1. The van der Waals surface area contributed by atoms with Crippen molar-refractivity contribution in [2.45, 2.75) is 13.1 Å². The molecule has 6 nitrogen and oxygen atoms in total. The first-order valence-electron chi connectivity index (χ1n) is 8.21. The van der Waals surface area contributed by atoms with Gasteiger partial charge in [-0.1, -0.05) is 41.7 Å². The number of benzene rings is 1. The second-order valence-electron chi connectivity index (χ2n) is 6.02. The van der Waals surface area contributed by atoms with Gasteiger partial charge in [0.15, 0.2) is 0 Å². The van der Waals surface area contributed by atoms with Gasteiger partial charge in [-0.25, -0.2) is 4.98 Å². The Morgan fingerprint density at radius 3 is 2.48 bits per heavy atom. The van der Waals surface area contributed by atoms with Gasteiger partial charge in [0, 0.05) is 10.9 Å². The number of carbonyl (C=O) groups is 1. The molecule has 0 saturated carbocycles. The third-order valence-electron chi connectivity index (χ3n) is 4.03. The molecule has 3 aromatic heterocycles. The third-order valence-corrected chi connectivity index (χ3v) is 5.88. The van der Waals surface area contributed by atoms with Crippen LogP contribution in [0.15, 0.2) is 36.4 Å². The van der Waals surface area contributed by atoms with Crippen molar-refractivity contribution in [2.75, 3.05) is 11.1 Å². The first kappa shape index (κ1) is 19.3. The zero-order valence-corrected chi connectivity index (χ0v) is 16.4. The summed E-state index contributed by atoms with van der Waals surface area (Å²) in [6.45, 7) is 1.71. The predicted molar refractivity (Wildman–Crippen MR) is 107 cm³/mol. The van der Waals surface area contributed by atoms with E-state index in [1.807, 2.05) is 0 Å². The van der Waals surface area contributed by atoms with E-state index in [9.17, 15) is 18.0 Å². The topological polar surface area (TPSA) is 93.8 Å². The molecule has 0 aliphatic carbocycles. The predicted octanol–water partition coefficient (Wildman–Crippen LogP) is 4.98. The zero-order chi connectivity index (χ0) is 20.8. The molecule has 1 amide bonds. The monoisotopic (exact) mass is 435 g/mol. The van der Waals surface area contributed by atoms with Crippen molar-refractivity contribution in [1.29, 1.82) is 0 Å². The molecule has 3 heterocycles. The van der Waals surface area contributed by atoms with Crippen LogP contribution in [0.1, 0.15) is 20.2 Å². The van der Waals surface area contributed by atoms with Crippen LogP contribution in [-0.2, 0) is 6.18 Å². The molecule has 0 radical (unpaired) electrons. The van der Waals surface area contributed by atoms with Crippen LogP contribution < -0.4 is 11.1 Å². The number of nitrogens with zero attached hydrogens (tertiary/aromatic N) is 3. The SMILES string of the molecule is Cc1nnc(NC(=O)c2sc3nc(-c4ccccc4)cc(C(F)(F)F)c3c2N)s1. The molecule has 11 heteroatoms. The van der Waals surface area contributed by atoms with E-state index in [1.165, 1.54) is 0 Å². The molecule has 0 atom stereocenters. The first-order chi connectivity index (χ1) is 13.7. The summed E-state index contributed by atoms with van der Waals surface area (Å²) in [5.41, 5.74) is 5.45. The Kier molecular flexibility index (Phi) is 4.71. The molecular weight excluding hydrogens is 423 g/mol. The fourth-order valence-electron chi connectivity index (χ4n) is 2.77. The van der Waals surface area contributed by atoms with Crippen LogP contribution in [0.5, 0.6) is 0 Å². The van der Waals surface area contributed by atoms with Gasteiger partial charge >= 0.3 is 6.18 Å². The number of aryl methyl sites for hydroxylation is 1. The highest BCUT2D eigenvalue weighted by atomic mass is 32.1. The fraction of sp³-hybridized carbons (Fsp3) is 0.111. The maximum Gasteiger partial charge on any atom is 0.417 e. The zero-order valence-electron chi connectivity index (χ0n) is 14.7. The summed E-state index contributed by atoms with van der Waals surface area (Å²) >= 11 is 1.95. The molecule has 148 valence electrons. The molecular formula is C18H12F3N5OS2. The average Bonchev–Trinajstić information content (AvgIpc) is 3.24. The Labute approximate surface area is 170 Å². The van der Waals surface area contributed by atoms with Crippen LogP contribution in [0, 0.1) is 6.92 Å². The minimum Gasteiger partial charge on any atom is -0.397 e. The molecule has 0 aliphatic rings. The second-order valence-corrected chi connectivity index (χ2v) is 8.20. The minimum atomic E-state index is -4.66. The fourth-order valence-corrected chi connectivity index (χ4v) is 4.37. The number of alkyl halides is 3. The van der Waals surface area contributed by atoms with Gasteiger partial charge in [0.25, 0.3) is 5.91 Å². The van der Waals surface area contributed by atoms with Crippen molar-refractivity contribution in [3.05, 3.63) is 51.8 Å². The molecule has 0 unspecified atom stereocenters. The Morgan fingerprint density at radius 1 is 1.14 bits per heavy atom. The number of carbonyl (C=O) groups excluding carboxylic acids is 1. The normalized spacial score (nSPS) is 11.7. The van der Waals surface area contributed by atoms with E-state index in [0.717, 1.165) is 28.7 Å². The maximum atomic E-state index is 13.8. The number of nitrogens with two attached hydrogens (primary N) is 1. The van der Waals surface area contributed by atoms with Gasteiger partial charge in [0.1, 0.15) is 14.7 Å². The lowest BCUT2D eigenvalue weighted by molar-refractivity contribution is -0.136. The lowest BCUT2D eigenvalue weighted by Gasteiger charge is -2.11. The highest BCUT2D eigenvalue weighted by molar-refractivity contribution is 7.21. The van der Waals surface area contributed by atoms with Crippen LogP contribution in [0.4, 0.5) is 24.0 Å². The van der Waals surface area contributed by atoms with E-state index in [-0.39, 0.29) is 31.6 Å². The third kappa shape index (κ3) is 3.66. The van der Waals surface area contributed by atoms with Gasteiger partial charge in [0.2, 0.25) is 5.13 Å². The number of amides is 1. The largest absolute Gasteiger partial charge is 0.417 e. The van der Waals surface area contributed by atoms with Crippen molar-refractivity contribution in [2.24, 2.45) is 0 Å². The van der Waals surface area contributed by atoms with E-state index < -0.39 is 17.6 Å². The van der Waals surface area contributed by atoms with Crippen LogP contribution in [0.25, 0.3) is 21.5 Å². The van der Waals surface area contributed by atoms with Crippen molar-refractivity contribution < 1.29 is 18.0 Å². The molecule has 0 saturated heterocycles. The molecule has 3 N–H and O–H groups in total. The van der Waals surface area contributed by atoms with Crippen molar-refractivity contribution >= 4 is 49.6 Å². The highest BCUT2D eigenvalue weighted by Gasteiger charge is 2.36. The van der Waals surface area contributed by atoms with Crippen molar-refractivity contribution in [3.63, 3.8) is 0 Å². The van der Waals surface area contributed by atoms with Crippen LogP contribution in [0.3, 0.4) is 0 Å². The molecule has 4 aromatic rings. The number of aromatic nitrogens is 3. The summed E-state index contributed by atoms with van der Waals surface area (Å²) in [6, 6.07) is 9.46. The molecule has 0 spiro atoms. The van der Waals surface area contributed by atoms with E-state index >= 15 is 0 Å². The van der Waals surface area contributed by atoms with E-state index in [1.54, 1.807) is 37.3 Å². The summed E-state index contributed by atoms with van der Waals surface area (Å²) in [5.74, 6) is -0.656. The van der Waals surface area contributed by atoms with Gasteiger partial charge in [-0.3, -0.25) is 10.1 Å². The molecule has 1 aromatic carbocycles. The molecule has 0 fully saturated rings. The molecule has 0 aliphatic heterocycles. The molecule has 4 rings (SSSR count). The van der Waals surface area contributed by atoms with Gasteiger partial charge < -0.3 is 5.73 Å². The second kappa shape index (κ2) is 7.08. The number of pyridine rings is 1. The molecule has 29 heavy (non-hydrogen) atoms. The summed E-state index contributed by atoms with van der Waals surface area (Å²) in [5, 5.41) is 10.7. The number of nitrogen functional groups attached to an aromatic ring is 1. The summed E-state index contributed by atoms with van der Waals surface area (Å²) < 4.78 is 41.3. The number of halogens is 3. The summed E-state index contributed by atoms with van der Waals surface area (Å²) in [7, 11) is 0. The smallest absolute Gasteiger partial charge is 0.397 e. The lowest BCUT2D eigenvalue weighted by Crippen LogP contribution is -2.12. The van der Waals surface area contributed by atoms with Gasteiger partial charge in [-0.2, -0.15) is 13.2 Å². The number of hydrogen-bond acceptors (Lipinski definition) is 7. The van der Waals surface area contributed by atoms with Crippen LogP contribution in [-0.4, -0.2) is 21.1 Å². The minimum absolute atomic E-state index is 0.0368. The Balaban J connectivity index is 1.86.